The van der Waals surface area contributed by atoms with Crippen molar-refractivity contribution in [1.29, 1.82) is 0 Å². The molecule has 0 aromatic heterocycles. The van der Waals surface area contributed by atoms with Gasteiger partial charge in [0.25, 0.3) is 5.91 Å². The maximum Gasteiger partial charge on any atom is 0.262 e. The monoisotopic (exact) mass is 298 g/mol. The van der Waals surface area contributed by atoms with E-state index in [0.29, 0.717) is 11.4 Å². The van der Waals surface area contributed by atoms with Crippen molar-refractivity contribution >= 4 is 17.5 Å². The molecule has 0 heterocycles. The number of ether oxygens (including phenoxy) is 1. The first-order chi connectivity index (χ1) is 10.5. The highest BCUT2D eigenvalue weighted by molar-refractivity contribution is 5.91. The van der Waals surface area contributed by atoms with Crippen LogP contribution in [-0.4, -0.2) is 18.4 Å². The Morgan fingerprint density at radius 3 is 2.50 bits per heavy atom. The standard InChI is InChI=1S/C17H18N2O3/c1-12-3-2-4-15(9-12)22-11-17(21)19-14-7-5-13(6-8-14)10-16(18)20/h2-9H,10-11H2,1H3,(H2,18,20)(H,19,21). The molecule has 2 aromatic carbocycles. The van der Waals surface area contributed by atoms with Crippen molar-refractivity contribution in [2.24, 2.45) is 5.73 Å². The zero-order chi connectivity index (χ0) is 15.9. The van der Waals surface area contributed by atoms with Crippen molar-refractivity contribution in [1.82, 2.24) is 0 Å². The molecule has 0 aliphatic heterocycles. The lowest BCUT2D eigenvalue weighted by Gasteiger charge is -2.08. The quantitative estimate of drug-likeness (QED) is 0.856. The van der Waals surface area contributed by atoms with Gasteiger partial charge in [0.2, 0.25) is 5.91 Å². The minimum Gasteiger partial charge on any atom is -0.484 e. The lowest BCUT2D eigenvalue weighted by molar-refractivity contribution is -0.118. The molecule has 2 amide bonds. The van der Waals surface area contributed by atoms with Gasteiger partial charge in [0.05, 0.1) is 6.42 Å². The number of aryl methyl sites for hydroxylation is 1. The Morgan fingerprint density at radius 1 is 1.14 bits per heavy atom. The molecule has 114 valence electrons. The van der Waals surface area contributed by atoms with Gasteiger partial charge in [-0.25, -0.2) is 0 Å². The summed E-state index contributed by atoms with van der Waals surface area (Å²) in [6.45, 7) is 1.90. The fourth-order valence-corrected chi connectivity index (χ4v) is 1.96. The first-order valence-corrected chi connectivity index (χ1v) is 6.89. The van der Waals surface area contributed by atoms with Gasteiger partial charge in [-0.1, -0.05) is 24.3 Å². The third-order valence-electron chi connectivity index (χ3n) is 2.98. The van der Waals surface area contributed by atoms with E-state index in [0.717, 1.165) is 11.1 Å². The van der Waals surface area contributed by atoms with Gasteiger partial charge in [-0.3, -0.25) is 9.59 Å². The summed E-state index contributed by atoms with van der Waals surface area (Å²) in [6, 6.07) is 14.5. The molecule has 0 fully saturated rings. The van der Waals surface area contributed by atoms with Crippen LogP contribution in [0.1, 0.15) is 11.1 Å². The predicted octanol–water partition coefficient (Wildman–Crippen LogP) is 2.04. The number of rotatable bonds is 6. The van der Waals surface area contributed by atoms with Crippen LogP contribution >= 0.6 is 0 Å². The first-order valence-electron chi connectivity index (χ1n) is 6.89. The van der Waals surface area contributed by atoms with E-state index in [1.165, 1.54) is 0 Å². The highest BCUT2D eigenvalue weighted by Crippen LogP contribution is 2.13. The molecule has 0 aliphatic carbocycles. The van der Waals surface area contributed by atoms with Crippen molar-refractivity contribution in [3.8, 4) is 5.75 Å². The summed E-state index contributed by atoms with van der Waals surface area (Å²) in [6.07, 6.45) is 0.185. The van der Waals surface area contributed by atoms with Crippen molar-refractivity contribution < 1.29 is 14.3 Å². The number of nitrogens with one attached hydrogen (secondary N) is 1. The van der Waals surface area contributed by atoms with Crippen LogP contribution in [0, 0.1) is 6.92 Å². The molecule has 3 N–H and O–H groups in total. The zero-order valence-electron chi connectivity index (χ0n) is 12.3. The summed E-state index contributed by atoms with van der Waals surface area (Å²) in [4.78, 5) is 22.6. The molecule has 0 spiro atoms. The molecule has 0 saturated carbocycles. The molecular formula is C17H18N2O3. The summed E-state index contributed by atoms with van der Waals surface area (Å²) in [7, 11) is 0. The molecule has 2 rings (SSSR count). The lowest BCUT2D eigenvalue weighted by Crippen LogP contribution is -2.20. The SMILES string of the molecule is Cc1cccc(OCC(=O)Nc2ccc(CC(N)=O)cc2)c1. The summed E-state index contributed by atoms with van der Waals surface area (Å²) >= 11 is 0. The van der Waals surface area contributed by atoms with Gasteiger partial charge in [0, 0.05) is 5.69 Å². The number of carbonyl (C=O) groups is 2. The van der Waals surface area contributed by atoms with Gasteiger partial charge in [-0.05, 0) is 42.3 Å². The molecule has 0 bridgehead atoms. The average Bonchev–Trinajstić information content (AvgIpc) is 2.47. The average molecular weight is 298 g/mol. The molecule has 0 aliphatic rings. The van der Waals surface area contributed by atoms with Gasteiger partial charge < -0.3 is 15.8 Å². The summed E-state index contributed by atoms with van der Waals surface area (Å²) in [5.74, 6) is 0.0273. The van der Waals surface area contributed by atoms with Crippen LogP contribution < -0.4 is 15.8 Å². The van der Waals surface area contributed by atoms with Crippen LogP contribution in [0.25, 0.3) is 0 Å². The number of hydrogen-bond acceptors (Lipinski definition) is 3. The summed E-state index contributed by atoms with van der Waals surface area (Å²) in [5, 5.41) is 2.73. The Bertz CT molecular complexity index is 666. The maximum atomic E-state index is 11.8. The number of amides is 2. The number of anilines is 1. The van der Waals surface area contributed by atoms with Crippen molar-refractivity contribution in [2.75, 3.05) is 11.9 Å². The van der Waals surface area contributed by atoms with E-state index < -0.39 is 0 Å². The topological polar surface area (TPSA) is 81.4 Å². The van der Waals surface area contributed by atoms with Crippen molar-refractivity contribution in [3.05, 3.63) is 59.7 Å². The first kappa shape index (κ1) is 15.6. The second-order valence-electron chi connectivity index (χ2n) is 4.99. The second-order valence-corrected chi connectivity index (χ2v) is 4.99. The zero-order valence-corrected chi connectivity index (χ0v) is 12.3. The van der Waals surface area contributed by atoms with E-state index in [4.69, 9.17) is 10.5 Å². The molecule has 22 heavy (non-hydrogen) atoms. The Balaban J connectivity index is 1.85. The highest BCUT2D eigenvalue weighted by atomic mass is 16.5. The van der Waals surface area contributed by atoms with Crippen LogP contribution in [0.15, 0.2) is 48.5 Å². The second kappa shape index (κ2) is 7.26. The van der Waals surface area contributed by atoms with E-state index >= 15 is 0 Å². The third kappa shape index (κ3) is 4.94. The largest absolute Gasteiger partial charge is 0.484 e. The van der Waals surface area contributed by atoms with Crippen LogP contribution in [-0.2, 0) is 16.0 Å². The molecule has 0 atom stereocenters. The van der Waals surface area contributed by atoms with E-state index in [9.17, 15) is 9.59 Å². The van der Waals surface area contributed by atoms with Crippen LogP contribution in [0.4, 0.5) is 5.69 Å². The summed E-state index contributed by atoms with van der Waals surface area (Å²) < 4.78 is 5.42. The Morgan fingerprint density at radius 2 is 1.86 bits per heavy atom. The number of nitrogens with two attached hydrogens (primary N) is 1. The van der Waals surface area contributed by atoms with Gasteiger partial charge >= 0.3 is 0 Å². The Kier molecular flexibility index (Phi) is 5.14. The third-order valence-corrected chi connectivity index (χ3v) is 2.98. The smallest absolute Gasteiger partial charge is 0.262 e. The van der Waals surface area contributed by atoms with E-state index in [-0.39, 0.29) is 24.8 Å². The Hall–Kier alpha value is -2.82. The maximum absolute atomic E-state index is 11.8. The Labute approximate surface area is 129 Å². The fraction of sp³-hybridized carbons (Fsp3) is 0.176. The minimum atomic E-state index is -0.386. The minimum absolute atomic E-state index is 0.0630. The predicted molar refractivity (Wildman–Crippen MR) is 84.6 cm³/mol. The molecule has 0 unspecified atom stereocenters. The molecule has 2 aromatic rings. The molecule has 5 heteroatoms. The van der Waals surface area contributed by atoms with Gasteiger partial charge in [-0.15, -0.1) is 0 Å². The normalized spacial score (nSPS) is 10.0. The number of hydrogen-bond donors (Lipinski definition) is 2. The molecule has 0 saturated heterocycles. The summed E-state index contributed by atoms with van der Waals surface area (Å²) in [5.41, 5.74) is 7.65. The number of primary amides is 1. The van der Waals surface area contributed by atoms with Gasteiger partial charge in [-0.2, -0.15) is 0 Å². The molecular weight excluding hydrogens is 280 g/mol. The number of benzene rings is 2. The van der Waals surface area contributed by atoms with Crippen LogP contribution in [0.3, 0.4) is 0 Å². The molecule has 5 nitrogen and oxygen atoms in total. The number of carbonyl (C=O) groups excluding carboxylic acids is 2. The van der Waals surface area contributed by atoms with Gasteiger partial charge in [0.15, 0.2) is 6.61 Å². The van der Waals surface area contributed by atoms with Crippen LogP contribution in [0.5, 0.6) is 5.75 Å². The van der Waals surface area contributed by atoms with E-state index in [1.54, 1.807) is 30.3 Å². The molecule has 0 radical (unpaired) electrons. The van der Waals surface area contributed by atoms with Crippen LogP contribution in [0.2, 0.25) is 0 Å². The van der Waals surface area contributed by atoms with Crippen molar-refractivity contribution in [2.45, 2.75) is 13.3 Å². The van der Waals surface area contributed by atoms with E-state index in [2.05, 4.69) is 5.32 Å². The van der Waals surface area contributed by atoms with Crippen molar-refractivity contribution in [3.63, 3.8) is 0 Å². The fourth-order valence-electron chi connectivity index (χ4n) is 1.96. The highest BCUT2D eigenvalue weighted by Gasteiger charge is 2.05. The lowest BCUT2D eigenvalue weighted by atomic mass is 10.1. The van der Waals surface area contributed by atoms with E-state index in [1.807, 2.05) is 25.1 Å². The van der Waals surface area contributed by atoms with Gasteiger partial charge in [0.1, 0.15) is 5.75 Å².